The minimum absolute atomic E-state index is 0.0166. The van der Waals surface area contributed by atoms with Crippen LogP contribution in [-0.2, 0) is 0 Å². The van der Waals surface area contributed by atoms with Crippen molar-refractivity contribution in [2.75, 3.05) is 7.11 Å². The second kappa shape index (κ2) is 5.31. The first-order chi connectivity index (χ1) is 11.7. The van der Waals surface area contributed by atoms with Gasteiger partial charge in [-0.2, -0.15) is 9.61 Å². The molecule has 0 aliphatic rings. The molecule has 7 nitrogen and oxygen atoms in total. The quantitative estimate of drug-likeness (QED) is 0.522. The first-order valence-electron chi connectivity index (χ1n) is 7.23. The van der Waals surface area contributed by atoms with E-state index in [0.29, 0.717) is 22.3 Å². The summed E-state index contributed by atoms with van der Waals surface area (Å²) in [5.41, 5.74) is 0.275. The summed E-state index contributed by atoms with van der Waals surface area (Å²) in [6, 6.07) is 13.8. The molecule has 0 saturated carbocycles. The fourth-order valence-electron chi connectivity index (χ4n) is 2.56. The van der Waals surface area contributed by atoms with E-state index < -0.39 is 5.56 Å². The SMILES string of the molecule is COc1ccc(-n2cnn3c(=O)c4ccccc4nc3c2=O)cc1. The lowest BCUT2D eigenvalue weighted by Crippen LogP contribution is -2.29. The van der Waals surface area contributed by atoms with E-state index in [9.17, 15) is 9.59 Å². The molecule has 4 aromatic rings. The Kier molecular flexibility index (Phi) is 3.13. The third-order valence-corrected chi connectivity index (χ3v) is 3.80. The van der Waals surface area contributed by atoms with Gasteiger partial charge >= 0.3 is 5.56 Å². The summed E-state index contributed by atoms with van der Waals surface area (Å²) in [7, 11) is 1.57. The molecule has 0 amide bonds. The number of hydrogen-bond donors (Lipinski definition) is 0. The fourth-order valence-corrected chi connectivity index (χ4v) is 2.56. The zero-order valence-electron chi connectivity index (χ0n) is 12.7. The molecule has 0 atom stereocenters. The molecule has 2 aromatic carbocycles. The maximum atomic E-state index is 12.7. The molecule has 0 bridgehead atoms. The highest BCUT2D eigenvalue weighted by Crippen LogP contribution is 2.13. The van der Waals surface area contributed by atoms with Gasteiger partial charge in [-0.25, -0.2) is 4.98 Å². The molecule has 4 rings (SSSR count). The lowest BCUT2D eigenvalue weighted by molar-refractivity contribution is 0.414. The molecule has 0 saturated heterocycles. The first kappa shape index (κ1) is 14.1. The topological polar surface area (TPSA) is 78.5 Å². The monoisotopic (exact) mass is 320 g/mol. The number of ether oxygens (including phenoxy) is 1. The smallest absolute Gasteiger partial charge is 0.301 e. The van der Waals surface area contributed by atoms with Crippen LogP contribution >= 0.6 is 0 Å². The predicted molar refractivity (Wildman–Crippen MR) is 88.9 cm³/mol. The van der Waals surface area contributed by atoms with Crippen LogP contribution in [0.1, 0.15) is 0 Å². The van der Waals surface area contributed by atoms with Crippen LogP contribution in [-0.4, -0.2) is 26.3 Å². The number of methoxy groups -OCH3 is 1. The summed E-state index contributed by atoms with van der Waals surface area (Å²) in [4.78, 5) is 29.5. The fraction of sp³-hybridized carbons (Fsp3) is 0.0588. The largest absolute Gasteiger partial charge is 0.497 e. The van der Waals surface area contributed by atoms with E-state index in [1.165, 1.54) is 10.9 Å². The third-order valence-electron chi connectivity index (χ3n) is 3.80. The van der Waals surface area contributed by atoms with E-state index in [-0.39, 0.29) is 11.2 Å². The van der Waals surface area contributed by atoms with Gasteiger partial charge in [0.15, 0.2) is 0 Å². The van der Waals surface area contributed by atoms with Crippen LogP contribution in [0.25, 0.3) is 22.2 Å². The van der Waals surface area contributed by atoms with E-state index in [4.69, 9.17) is 4.74 Å². The van der Waals surface area contributed by atoms with E-state index in [0.717, 1.165) is 4.52 Å². The van der Waals surface area contributed by atoms with Crippen LogP contribution in [0.4, 0.5) is 0 Å². The van der Waals surface area contributed by atoms with Crippen molar-refractivity contribution in [3.8, 4) is 11.4 Å². The maximum absolute atomic E-state index is 12.7. The van der Waals surface area contributed by atoms with Gasteiger partial charge in [0.05, 0.1) is 23.7 Å². The normalized spacial score (nSPS) is 11.0. The molecule has 7 heteroatoms. The molecule has 0 N–H and O–H groups in total. The highest BCUT2D eigenvalue weighted by Gasteiger charge is 2.11. The first-order valence-corrected chi connectivity index (χ1v) is 7.23. The average molecular weight is 320 g/mol. The van der Waals surface area contributed by atoms with Crippen molar-refractivity contribution in [3.63, 3.8) is 0 Å². The Morgan fingerprint density at radius 3 is 2.46 bits per heavy atom. The molecular weight excluding hydrogens is 308 g/mol. The molecular formula is C17H12N4O3. The number of benzene rings is 2. The van der Waals surface area contributed by atoms with E-state index in [1.807, 2.05) is 0 Å². The van der Waals surface area contributed by atoms with Gasteiger partial charge in [-0.15, -0.1) is 0 Å². The summed E-state index contributed by atoms with van der Waals surface area (Å²) < 4.78 is 7.48. The van der Waals surface area contributed by atoms with Crippen molar-refractivity contribution in [2.24, 2.45) is 0 Å². The zero-order valence-corrected chi connectivity index (χ0v) is 12.7. The third kappa shape index (κ3) is 2.06. The molecule has 118 valence electrons. The zero-order chi connectivity index (χ0) is 16.7. The molecule has 0 radical (unpaired) electrons. The Morgan fingerprint density at radius 2 is 1.71 bits per heavy atom. The van der Waals surface area contributed by atoms with Crippen LogP contribution in [0.2, 0.25) is 0 Å². The number of fused-ring (bicyclic) bond motifs is 2. The molecule has 0 aliphatic carbocycles. The van der Waals surface area contributed by atoms with Gasteiger partial charge in [-0.05, 0) is 36.4 Å². The highest BCUT2D eigenvalue weighted by atomic mass is 16.5. The van der Waals surface area contributed by atoms with E-state index in [2.05, 4.69) is 10.1 Å². The van der Waals surface area contributed by atoms with Crippen molar-refractivity contribution in [3.05, 3.63) is 75.6 Å². The van der Waals surface area contributed by atoms with Gasteiger partial charge < -0.3 is 4.74 Å². The molecule has 0 aliphatic heterocycles. The van der Waals surface area contributed by atoms with Gasteiger partial charge in [0, 0.05) is 0 Å². The van der Waals surface area contributed by atoms with Gasteiger partial charge in [-0.1, -0.05) is 12.1 Å². The standard InChI is InChI=1S/C17H12N4O3/c1-24-12-8-6-11(7-9-12)20-10-18-21-15(17(20)23)19-14-5-3-2-4-13(14)16(21)22/h2-10H,1H3. The minimum Gasteiger partial charge on any atom is -0.497 e. The van der Waals surface area contributed by atoms with E-state index in [1.54, 1.807) is 55.6 Å². The van der Waals surface area contributed by atoms with Gasteiger partial charge in [-0.3, -0.25) is 14.2 Å². The van der Waals surface area contributed by atoms with Crippen LogP contribution < -0.4 is 15.9 Å². The molecule has 24 heavy (non-hydrogen) atoms. The van der Waals surface area contributed by atoms with Crippen molar-refractivity contribution >= 4 is 16.6 Å². The van der Waals surface area contributed by atoms with Crippen molar-refractivity contribution in [1.29, 1.82) is 0 Å². The van der Waals surface area contributed by atoms with Gasteiger partial charge in [0.25, 0.3) is 5.56 Å². The van der Waals surface area contributed by atoms with Gasteiger partial charge in [0.2, 0.25) is 5.65 Å². The lowest BCUT2D eigenvalue weighted by atomic mass is 10.2. The highest BCUT2D eigenvalue weighted by molar-refractivity contribution is 5.79. The van der Waals surface area contributed by atoms with Gasteiger partial charge in [0.1, 0.15) is 12.1 Å². The molecule has 2 heterocycles. The average Bonchev–Trinajstić information content (AvgIpc) is 2.63. The molecule has 0 fully saturated rings. The second-order valence-electron chi connectivity index (χ2n) is 5.17. The summed E-state index contributed by atoms with van der Waals surface area (Å²) >= 11 is 0. The number of nitrogens with zero attached hydrogens (tertiary/aromatic N) is 4. The number of hydrogen-bond acceptors (Lipinski definition) is 5. The number of aromatic nitrogens is 4. The Bertz CT molecular complexity index is 1180. The minimum atomic E-state index is -0.419. The van der Waals surface area contributed by atoms with Crippen LogP contribution in [0.3, 0.4) is 0 Å². The predicted octanol–water partition coefficient (Wildman–Crippen LogP) is 1.40. The second-order valence-corrected chi connectivity index (χ2v) is 5.17. The van der Waals surface area contributed by atoms with Crippen molar-refractivity contribution in [2.45, 2.75) is 0 Å². The maximum Gasteiger partial charge on any atom is 0.301 e. The molecule has 0 spiro atoms. The Labute approximate surface area is 135 Å². The molecule has 0 unspecified atom stereocenters. The van der Waals surface area contributed by atoms with Crippen LogP contribution in [0.15, 0.2) is 64.4 Å². The number of rotatable bonds is 2. The molecule has 2 aromatic heterocycles. The Morgan fingerprint density at radius 1 is 0.958 bits per heavy atom. The number of para-hydroxylation sites is 1. The lowest BCUT2D eigenvalue weighted by Gasteiger charge is -2.08. The van der Waals surface area contributed by atoms with E-state index >= 15 is 0 Å². The summed E-state index contributed by atoms with van der Waals surface area (Å²) in [6.07, 6.45) is 1.31. The van der Waals surface area contributed by atoms with Crippen molar-refractivity contribution in [1.82, 2.24) is 19.2 Å². The summed E-state index contributed by atoms with van der Waals surface area (Å²) in [5, 5.41) is 4.50. The Balaban J connectivity index is 2.02. The summed E-state index contributed by atoms with van der Waals surface area (Å²) in [6.45, 7) is 0. The van der Waals surface area contributed by atoms with Crippen LogP contribution in [0.5, 0.6) is 5.75 Å². The van der Waals surface area contributed by atoms with Crippen molar-refractivity contribution < 1.29 is 4.74 Å². The Hall–Kier alpha value is -3.48. The van der Waals surface area contributed by atoms with Crippen LogP contribution in [0, 0.1) is 0 Å². The summed E-state index contributed by atoms with van der Waals surface area (Å²) in [5.74, 6) is 0.681.